The van der Waals surface area contributed by atoms with Gasteiger partial charge < -0.3 is 9.53 Å². The molecular weight excluding hydrogens is 396 g/mol. The summed E-state index contributed by atoms with van der Waals surface area (Å²) >= 11 is 9.57. The average molecular weight is 422 g/mol. The molecule has 1 aromatic rings. The van der Waals surface area contributed by atoms with E-state index >= 15 is 0 Å². The summed E-state index contributed by atoms with van der Waals surface area (Å²) in [7, 11) is -1.98. The second-order valence-electron chi connectivity index (χ2n) is 6.83. The third kappa shape index (κ3) is 4.38. The number of carbonyl (C=O) groups is 1. The molecule has 0 radical (unpaired) electrons. The number of benzene rings is 1. The van der Waals surface area contributed by atoms with E-state index in [1.807, 2.05) is 0 Å². The van der Waals surface area contributed by atoms with Crippen LogP contribution in [0, 0.1) is 0 Å². The van der Waals surface area contributed by atoms with E-state index in [0.29, 0.717) is 32.7 Å². The van der Waals surface area contributed by atoms with Gasteiger partial charge in [0.15, 0.2) is 0 Å². The molecule has 0 aliphatic rings. The zero-order valence-electron chi connectivity index (χ0n) is 14.6. The predicted octanol–water partition coefficient (Wildman–Crippen LogP) is 6.49. The minimum Gasteiger partial charge on any atom is -0.478 e. The summed E-state index contributed by atoms with van der Waals surface area (Å²) in [4.78, 5) is 11.2. The Bertz CT molecular complexity index is 551. The summed E-state index contributed by atoms with van der Waals surface area (Å²) in [5.74, 6) is -0.999. The summed E-state index contributed by atoms with van der Waals surface area (Å²) in [6.45, 7) is 13.8. The Kier molecular flexibility index (Phi) is 7.32. The van der Waals surface area contributed by atoms with Crippen molar-refractivity contribution in [3.8, 4) is 0 Å². The zero-order chi connectivity index (χ0) is 17.9. The minimum absolute atomic E-state index is 0.166. The highest BCUT2D eigenvalue weighted by Crippen LogP contribution is 2.43. The van der Waals surface area contributed by atoms with E-state index in [1.54, 1.807) is 6.07 Å². The van der Waals surface area contributed by atoms with Crippen LogP contribution in [0.5, 0.6) is 0 Å². The Labute approximate surface area is 153 Å². The molecule has 130 valence electrons. The van der Waals surface area contributed by atoms with Gasteiger partial charge in [0.25, 0.3) is 0 Å². The van der Waals surface area contributed by atoms with Gasteiger partial charge in [-0.1, -0.05) is 53.1 Å². The van der Waals surface area contributed by atoms with E-state index in [2.05, 4.69) is 57.5 Å². The molecule has 1 aromatic carbocycles. The van der Waals surface area contributed by atoms with Crippen LogP contribution in [-0.4, -0.2) is 19.4 Å². The van der Waals surface area contributed by atoms with Gasteiger partial charge in [-0.15, -0.1) is 0 Å². The van der Waals surface area contributed by atoms with Crippen molar-refractivity contribution in [2.75, 3.05) is 0 Å². The molecule has 0 saturated carbocycles. The number of hydrogen-bond donors (Lipinski definition) is 1. The standard InChI is InChI=1S/C17H26BrClO3Si/c1-10(2)23(11(3)4,12(5)6)22-9-13-7-15(18)14(17(20)21)8-16(13)19/h7-8,10-12H,9H2,1-6H3,(H,20,21). The summed E-state index contributed by atoms with van der Waals surface area (Å²) in [5.41, 5.74) is 2.45. The van der Waals surface area contributed by atoms with Crippen LogP contribution in [0.1, 0.15) is 57.5 Å². The van der Waals surface area contributed by atoms with Crippen LogP contribution < -0.4 is 0 Å². The normalized spacial score (nSPS) is 12.5. The Morgan fingerprint density at radius 1 is 1.17 bits per heavy atom. The van der Waals surface area contributed by atoms with Crippen LogP contribution in [0.3, 0.4) is 0 Å². The summed E-state index contributed by atoms with van der Waals surface area (Å²) < 4.78 is 7.05. The molecule has 23 heavy (non-hydrogen) atoms. The lowest BCUT2D eigenvalue weighted by atomic mass is 10.1. The van der Waals surface area contributed by atoms with E-state index in [1.165, 1.54) is 6.07 Å². The van der Waals surface area contributed by atoms with Gasteiger partial charge in [0.05, 0.1) is 12.2 Å². The molecule has 0 aromatic heterocycles. The van der Waals surface area contributed by atoms with Gasteiger partial charge in [0.2, 0.25) is 8.32 Å². The lowest BCUT2D eigenvalue weighted by Crippen LogP contribution is -2.47. The van der Waals surface area contributed by atoms with Crippen molar-refractivity contribution >= 4 is 41.8 Å². The topological polar surface area (TPSA) is 46.5 Å². The first-order valence-corrected chi connectivity index (χ1v) is 11.2. The minimum atomic E-state index is -1.98. The fourth-order valence-electron chi connectivity index (χ4n) is 3.57. The molecule has 0 heterocycles. The van der Waals surface area contributed by atoms with Gasteiger partial charge in [-0.05, 0) is 50.2 Å². The highest BCUT2D eigenvalue weighted by molar-refractivity contribution is 9.10. The number of carboxylic acid groups (broad SMARTS) is 1. The van der Waals surface area contributed by atoms with Crippen LogP contribution in [0.2, 0.25) is 21.6 Å². The number of hydrogen-bond acceptors (Lipinski definition) is 2. The molecule has 1 N–H and O–H groups in total. The van der Waals surface area contributed by atoms with Crippen molar-refractivity contribution in [3.05, 3.63) is 32.8 Å². The van der Waals surface area contributed by atoms with Crippen LogP contribution in [0.15, 0.2) is 16.6 Å². The number of carboxylic acids is 1. The summed E-state index contributed by atoms with van der Waals surface area (Å²) in [6, 6.07) is 3.24. The quantitative estimate of drug-likeness (QED) is 0.511. The molecule has 0 saturated heterocycles. The monoisotopic (exact) mass is 420 g/mol. The zero-order valence-corrected chi connectivity index (χ0v) is 18.0. The smallest absolute Gasteiger partial charge is 0.336 e. The van der Waals surface area contributed by atoms with Crippen LogP contribution in [0.25, 0.3) is 0 Å². The Morgan fingerprint density at radius 2 is 1.65 bits per heavy atom. The molecule has 1 rings (SSSR count). The number of rotatable bonds is 7. The van der Waals surface area contributed by atoms with E-state index in [9.17, 15) is 4.79 Å². The predicted molar refractivity (Wildman–Crippen MR) is 102 cm³/mol. The lowest BCUT2D eigenvalue weighted by Gasteiger charge is -2.42. The summed E-state index contributed by atoms with van der Waals surface area (Å²) in [5, 5.41) is 9.58. The van der Waals surface area contributed by atoms with Crippen molar-refractivity contribution in [2.45, 2.75) is 64.8 Å². The van der Waals surface area contributed by atoms with Crippen molar-refractivity contribution in [1.29, 1.82) is 0 Å². The maximum Gasteiger partial charge on any atom is 0.336 e. The van der Waals surface area contributed by atoms with E-state index < -0.39 is 14.3 Å². The maximum absolute atomic E-state index is 11.2. The number of aromatic carboxylic acids is 1. The van der Waals surface area contributed by atoms with Gasteiger partial charge >= 0.3 is 5.97 Å². The van der Waals surface area contributed by atoms with Crippen molar-refractivity contribution in [1.82, 2.24) is 0 Å². The lowest BCUT2D eigenvalue weighted by molar-refractivity contribution is 0.0696. The van der Waals surface area contributed by atoms with Gasteiger partial charge in [0.1, 0.15) is 0 Å². The first kappa shape index (κ1) is 20.7. The molecule has 0 spiro atoms. The van der Waals surface area contributed by atoms with Crippen LogP contribution in [0.4, 0.5) is 0 Å². The molecular formula is C17H26BrClO3Si. The molecule has 6 heteroatoms. The van der Waals surface area contributed by atoms with Crippen LogP contribution >= 0.6 is 27.5 Å². The molecule has 3 nitrogen and oxygen atoms in total. The fourth-order valence-corrected chi connectivity index (χ4v) is 9.75. The van der Waals surface area contributed by atoms with Gasteiger partial charge in [-0.25, -0.2) is 4.79 Å². The average Bonchev–Trinajstić information content (AvgIpc) is 2.41. The molecule has 0 bridgehead atoms. The molecule has 0 atom stereocenters. The first-order valence-electron chi connectivity index (χ1n) is 7.89. The fraction of sp³-hybridized carbons (Fsp3) is 0.588. The van der Waals surface area contributed by atoms with Crippen molar-refractivity contribution in [2.24, 2.45) is 0 Å². The van der Waals surface area contributed by atoms with E-state index in [4.69, 9.17) is 21.1 Å². The highest BCUT2D eigenvalue weighted by atomic mass is 79.9. The van der Waals surface area contributed by atoms with Crippen LogP contribution in [-0.2, 0) is 11.0 Å². The van der Waals surface area contributed by atoms with Gasteiger partial charge in [0, 0.05) is 9.50 Å². The Balaban J connectivity index is 3.12. The maximum atomic E-state index is 11.2. The second-order valence-corrected chi connectivity index (χ2v) is 13.6. The van der Waals surface area contributed by atoms with E-state index in [0.717, 1.165) is 5.56 Å². The Hall–Kier alpha value is -0.363. The molecule has 0 amide bonds. The SMILES string of the molecule is CC(C)[Si](OCc1cc(Br)c(C(=O)O)cc1Cl)(C(C)C)C(C)C. The third-order valence-electron chi connectivity index (χ3n) is 4.55. The first-order chi connectivity index (χ1) is 10.5. The molecule has 0 aliphatic carbocycles. The van der Waals surface area contributed by atoms with E-state index in [-0.39, 0.29) is 5.56 Å². The van der Waals surface area contributed by atoms with Gasteiger partial charge in [-0.3, -0.25) is 0 Å². The van der Waals surface area contributed by atoms with Crippen molar-refractivity contribution in [3.63, 3.8) is 0 Å². The summed E-state index contributed by atoms with van der Waals surface area (Å²) in [6.07, 6.45) is 0. The number of halogens is 2. The largest absolute Gasteiger partial charge is 0.478 e. The molecule has 0 unspecified atom stereocenters. The third-order valence-corrected chi connectivity index (χ3v) is 11.6. The Morgan fingerprint density at radius 3 is 2.04 bits per heavy atom. The molecule has 0 aliphatic heterocycles. The second kappa shape index (κ2) is 8.14. The molecule has 0 fully saturated rings. The van der Waals surface area contributed by atoms with Crippen molar-refractivity contribution < 1.29 is 14.3 Å². The van der Waals surface area contributed by atoms with Gasteiger partial charge in [-0.2, -0.15) is 0 Å². The highest BCUT2D eigenvalue weighted by Gasteiger charge is 2.45.